The van der Waals surface area contributed by atoms with E-state index < -0.39 is 0 Å². The van der Waals surface area contributed by atoms with E-state index in [1.807, 2.05) is 0 Å². The molecule has 10 nitrogen and oxygen atoms in total. The number of carbonyl (C=O) groups excluding carboxylic acids is 4. The second-order valence-corrected chi connectivity index (χ2v) is 18.2. The summed E-state index contributed by atoms with van der Waals surface area (Å²) < 4.78 is 22.7. The van der Waals surface area contributed by atoms with Crippen LogP contribution >= 0.6 is 0 Å². The molecule has 0 aromatic rings. The molecule has 0 aromatic heterocycles. The number of likely N-dealkylation sites (tertiary alicyclic amines) is 1. The molecular formula is C51H96N2O8. The third-order valence-corrected chi connectivity index (χ3v) is 12.3. The first-order valence-corrected chi connectivity index (χ1v) is 25.9. The van der Waals surface area contributed by atoms with Crippen LogP contribution in [0.1, 0.15) is 227 Å². The Kier molecular flexibility index (Phi) is 38.9. The largest absolute Gasteiger partial charge is 0.465 e. The maximum atomic E-state index is 12.7. The van der Waals surface area contributed by atoms with Crippen molar-refractivity contribution in [1.82, 2.24) is 10.2 Å². The summed E-state index contributed by atoms with van der Waals surface area (Å²) in [7, 11) is 0. The summed E-state index contributed by atoms with van der Waals surface area (Å²) in [6.07, 6.45) is 30.9. The molecule has 1 rings (SSSR count). The summed E-state index contributed by atoms with van der Waals surface area (Å²) in [6.45, 7) is 15.3. The Bertz CT molecular complexity index is 984. The Hall–Kier alpha value is -2.20. The molecule has 0 aromatic carbocycles. The second kappa shape index (κ2) is 41.8. The van der Waals surface area contributed by atoms with Gasteiger partial charge >= 0.3 is 23.9 Å². The molecule has 1 heterocycles. The Morgan fingerprint density at radius 2 is 0.770 bits per heavy atom. The van der Waals surface area contributed by atoms with Crippen LogP contribution in [0.4, 0.5) is 0 Å². The summed E-state index contributed by atoms with van der Waals surface area (Å²) in [6, 6.07) is 0. The molecule has 2 unspecified atom stereocenters. The zero-order valence-corrected chi connectivity index (χ0v) is 40.2. The molecule has 358 valence electrons. The lowest BCUT2D eigenvalue weighted by molar-refractivity contribution is -0.149. The summed E-state index contributed by atoms with van der Waals surface area (Å²) in [4.78, 5) is 52.6. The molecule has 61 heavy (non-hydrogen) atoms. The first kappa shape index (κ1) is 56.8. The van der Waals surface area contributed by atoms with Crippen molar-refractivity contribution in [1.29, 1.82) is 0 Å². The van der Waals surface area contributed by atoms with E-state index in [0.29, 0.717) is 57.3 Å². The van der Waals surface area contributed by atoms with Gasteiger partial charge in [-0.3, -0.25) is 19.2 Å². The molecule has 0 saturated carbocycles. The number of ether oxygens (including phenoxy) is 4. The Labute approximate surface area is 374 Å². The van der Waals surface area contributed by atoms with Gasteiger partial charge in [-0.05, 0) is 109 Å². The normalized spacial score (nSPS) is 14.4. The summed E-state index contributed by atoms with van der Waals surface area (Å²) in [5, 5.41) is 3.50. The molecule has 1 saturated heterocycles. The fourth-order valence-corrected chi connectivity index (χ4v) is 8.15. The first-order chi connectivity index (χ1) is 29.8. The summed E-state index contributed by atoms with van der Waals surface area (Å²) in [5.74, 6) is 0.163. The van der Waals surface area contributed by atoms with E-state index in [9.17, 15) is 19.2 Å². The van der Waals surface area contributed by atoms with E-state index in [4.69, 9.17) is 18.9 Å². The SMILES string of the molecule is CCCCCCC(CCCC)COC(=O)CCCCCCC(=O)OCC(CNCCCN1CCCC1)COC(=O)CCCCCCC(=O)OCC(CCCC)CCCCCC. The second-order valence-electron chi connectivity index (χ2n) is 18.2. The minimum Gasteiger partial charge on any atom is -0.465 e. The van der Waals surface area contributed by atoms with Gasteiger partial charge in [0.25, 0.3) is 0 Å². The van der Waals surface area contributed by atoms with Crippen LogP contribution in [0.5, 0.6) is 0 Å². The number of hydrogen-bond donors (Lipinski definition) is 1. The summed E-state index contributed by atoms with van der Waals surface area (Å²) >= 11 is 0. The maximum Gasteiger partial charge on any atom is 0.305 e. The van der Waals surface area contributed by atoms with E-state index >= 15 is 0 Å². The smallest absolute Gasteiger partial charge is 0.305 e. The zero-order valence-electron chi connectivity index (χ0n) is 40.2. The molecule has 1 N–H and O–H groups in total. The average Bonchev–Trinajstić information content (AvgIpc) is 3.79. The van der Waals surface area contributed by atoms with Crippen molar-refractivity contribution < 1.29 is 38.1 Å². The molecule has 0 aliphatic carbocycles. The molecule has 1 aliphatic heterocycles. The molecular weight excluding hydrogens is 769 g/mol. The Morgan fingerprint density at radius 3 is 1.15 bits per heavy atom. The monoisotopic (exact) mass is 865 g/mol. The molecule has 10 heteroatoms. The lowest BCUT2D eigenvalue weighted by atomic mass is 9.96. The third-order valence-electron chi connectivity index (χ3n) is 12.3. The maximum absolute atomic E-state index is 12.7. The van der Waals surface area contributed by atoms with E-state index in [0.717, 1.165) is 96.6 Å². The van der Waals surface area contributed by atoms with Gasteiger partial charge in [-0.25, -0.2) is 0 Å². The molecule has 0 spiro atoms. The van der Waals surface area contributed by atoms with Gasteiger partial charge in [-0.1, -0.05) is 130 Å². The lowest BCUT2D eigenvalue weighted by Crippen LogP contribution is -2.33. The number of carbonyl (C=O) groups is 4. The minimum atomic E-state index is -0.232. The van der Waals surface area contributed by atoms with E-state index in [1.54, 1.807) is 0 Å². The zero-order chi connectivity index (χ0) is 44.4. The van der Waals surface area contributed by atoms with Gasteiger partial charge in [0, 0.05) is 38.1 Å². The number of nitrogens with one attached hydrogen (secondary N) is 1. The Balaban J connectivity index is 2.31. The van der Waals surface area contributed by atoms with Crippen LogP contribution in [-0.2, 0) is 38.1 Å². The van der Waals surface area contributed by atoms with Crippen molar-refractivity contribution in [2.45, 2.75) is 227 Å². The van der Waals surface area contributed by atoms with Gasteiger partial charge in [-0.15, -0.1) is 0 Å². The van der Waals surface area contributed by atoms with Gasteiger partial charge in [0.15, 0.2) is 0 Å². The summed E-state index contributed by atoms with van der Waals surface area (Å²) in [5.41, 5.74) is 0. The van der Waals surface area contributed by atoms with Crippen LogP contribution < -0.4 is 5.32 Å². The van der Waals surface area contributed by atoms with Crippen molar-refractivity contribution in [2.75, 3.05) is 59.2 Å². The molecule has 0 radical (unpaired) electrons. The topological polar surface area (TPSA) is 120 Å². The van der Waals surface area contributed by atoms with Crippen LogP contribution in [0.15, 0.2) is 0 Å². The quantitative estimate of drug-likeness (QED) is 0.0360. The van der Waals surface area contributed by atoms with Crippen LogP contribution in [0.3, 0.4) is 0 Å². The highest BCUT2D eigenvalue weighted by Crippen LogP contribution is 2.20. The molecule has 2 atom stereocenters. The Morgan fingerprint density at radius 1 is 0.426 bits per heavy atom. The highest BCUT2D eigenvalue weighted by Gasteiger charge is 2.17. The molecule has 1 aliphatic rings. The molecule has 0 amide bonds. The van der Waals surface area contributed by atoms with Gasteiger partial charge in [0.1, 0.15) is 0 Å². The van der Waals surface area contributed by atoms with E-state index in [1.165, 1.54) is 103 Å². The predicted molar refractivity (Wildman–Crippen MR) is 249 cm³/mol. The average molecular weight is 865 g/mol. The van der Waals surface area contributed by atoms with E-state index in [-0.39, 0.29) is 43.0 Å². The van der Waals surface area contributed by atoms with Gasteiger partial charge in [0.05, 0.1) is 26.4 Å². The predicted octanol–water partition coefficient (Wildman–Crippen LogP) is 12.1. The third kappa shape index (κ3) is 35.9. The van der Waals surface area contributed by atoms with Crippen LogP contribution in [0.25, 0.3) is 0 Å². The van der Waals surface area contributed by atoms with Gasteiger partial charge in [0.2, 0.25) is 0 Å². The minimum absolute atomic E-state index is 0.102. The van der Waals surface area contributed by atoms with Crippen molar-refractivity contribution in [3.8, 4) is 0 Å². The number of unbranched alkanes of at least 4 members (excludes halogenated alkanes) is 14. The standard InChI is InChI=1S/C51H96N2O8/c1-5-9-13-19-30-45(28-11-7-3)41-58-48(54)32-21-15-17-23-34-50(56)60-43-47(40-52-36-27-39-53-37-25-26-38-53)44-61-51(57)35-24-18-16-22-33-49(55)59-42-46(29-12-8-4)31-20-14-10-6-2/h45-47,52H,5-44H2,1-4H3. The fourth-order valence-electron chi connectivity index (χ4n) is 8.15. The number of hydrogen-bond acceptors (Lipinski definition) is 10. The highest BCUT2D eigenvalue weighted by atomic mass is 16.5. The van der Waals surface area contributed by atoms with Crippen molar-refractivity contribution in [3.05, 3.63) is 0 Å². The number of nitrogens with zero attached hydrogens (tertiary/aromatic N) is 1. The van der Waals surface area contributed by atoms with Crippen molar-refractivity contribution in [2.24, 2.45) is 17.8 Å². The van der Waals surface area contributed by atoms with Gasteiger partial charge < -0.3 is 29.2 Å². The first-order valence-electron chi connectivity index (χ1n) is 25.9. The van der Waals surface area contributed by atoms with Crippen LogP contribution in [0, 0.1) is 17.8 Å². The van der Waals surface area contributed by atoms with Crippen molar-refractivity contribution >= 4 is 23.9 Å². The van der Waals surface area contributed by atoms with Crippen LogP contribution in [-0.4, -0.2) is 87.9 Å². The van der Waals surface area contributed by atoms with Crippen molar-refractivity contribution in [3.63, 3.8) is 0 Å². The van der Waals surface area contributed by atoms with E-state index in [2.05, 4.69) is 37.9 Å². The highest BCUT2D eigenvalue weighted by molar-refractivity contribution is 5.70. The number of esters is 4. The van der Waals surface area contributed by atoms with Crippen LogP contribution in [0.2, 0.25) is 0 Å². The van der Waals surface area contributed by atoms with Gasteiger partial charge in [-0.2, -0.15) is 0 Å². The molecule has 0 bridgehead atoms. The lowest BCUT2D eigenvalue weighted by Gasteiger charge is -2.19. The number of rotatable bonds is 44. The fraction of sp³-hybridized carbons (Fsp3) is 0.922. The molecule has 1 fully saturated rings.